The second-order valence-electron chi connectivity index (χ2n) is 8.22. The van der Waals surface area contributed by atoms with Gasteiger partial charge in [0.15, 0.2) is 9.84 Å². The fourth-order valence-corrected chi connectivity index (χ4v) is 5.33. The van der Waals surface area contributed by atoms with Crippen LogP contribution in [-0.4, -0.2) is 57.9 Å². The molecule has 1 saturated carbocycles. The first-order chi connectivity index (χ1) is 15.0. The summed E-state index contributed by atoms with van der Waals surface area (Å²) in [6, 6.07) is 5.44. The van der Waals surface area contributed by atoms with E-state index in [2.05, 4.69) is 28.7 Å². The van der Waals surface area contributed by atoms with Crippen molar-refractivity contribution in [1.82, 2.24) is 10.5 Å². The maximum Gasteiger partial charge on any atom is 0.264 e. The number of hydroxylamine groups is 1. The lowest BCUT2D eigenvalue weighted by Gasteiger charge is -2.38. The topological polar surface area (TPSA) is 137 Å². The normalized spacial score (nSPS) is 22.0. The van der Waals surface area contributed by atoms with Crippen LogP contribution in [0.2, 0.25) is 0 Å². The minimum absolute atomic E-state index is 0.0274. The monoisotopic (exact) mass is 476 g/mol. The maximum atomic E-state index is 12.1. The van der Waals surface area contributed by atoms with E-state index in [1.807, 2.05) is 6.07 Å². The molecule has 10 heteroatoms. The number of sulfone groups is 1. The third-order valence-electron chi connectivity index (χ3n) is 5.72. The standard InChI is InChI=1S/C22H24N2O6S2/c1-21(20(26)24-28,32(2,29)30)10-8-19-23-17-7-6-15(11-18(17)31-19)5-3-4-9-22(27)12-16(13-22)14-25/h6-7,11,16,25,27-28H,8,10,12-14H2,1-2H3,(H,24,26)/t16?,21-,22?/m1/s1. The highest BCUT2D eigenvalue weighted by Gasteiger charge is 2.43. The van der Waals surface area contributed by atoms with Gasteiger partial charge in [-0.2, -0.15) is 0 Å². The molecule has 0 saturated heterocycles. The maximum absolute atomic E-state index is 12.1. The first-order valence-corrected chi connectivity index (χ1v) is 12.6. The van der Waals surface area contributed by atoms with Crippen LogP contribution in [-0.2, 0) is 21.1 Å². The van der Waals surface area contributed by atoms with Gasteiger partial charge in [-0.05, 0) is 62.1 Å². The Morgan fingerprint density at radius 2 is 2.09 bits per heavy atom. The molecule has 1 atom stereocenters. The van der Waals surface area contributed by atoms with Crippen LogP contribution in [0.5, 0.6) is 0 Å². The van der Waals surface area contributed by atoms with Crippen LogP contribution in [0.3, 0.4) is 0 Å². The molecule has 1 aromatic heterocycles. The van der Waals surface area contributed by atoms with Crippen molar-refractivity contribution in [3.63, 3.8) is 0 Å². The van der Waals surface area contributed by atoms with Gasteiger partial charge in [-0.3, -0.25) is 10.0 Å². The molecular weight excluding hydrogens is 452 g/mol. The average molecular weight is 477 g/mol. The molecule has 0 spiro atoms. The summed E-state index contributed by atoms with van der Waals surface area (Å²) in [5, 5.41) is 28.7. The molecule has 1 aromatic carbocycles. The minimum atomic E-state index is -3.77. The van der Waals surface area contributed by atoms with Gasteiger partial charge in [0.2, 0.25) is 0 Å². The van der Waals surface area contributed by atoms with E-state index in [0.717, 1.165) is 22.0 Å². The molecule has 1 aliphatic carbocycles. The predicted octanol–water partition coefficient (Wildman–Crippen LogP) is 1.03. The Hall–Kier alpha value is -2.47. The molecule has 2 aromatic rings. The van der Waals surface area contributed by atoms with Crippen molar-refractivity contribution in [3.8, 4) is 23.7 Å². The van der Waals surface area contributed by atoms with Crippen molar-refractivity contribution in [1.29, 1.82) is 0 Å². The smallest absolute Gasteiger partial charge is 0.264 e. The minimum Gasteiger partial charge on any atom is -0.396 e. The van der Waals surface area contributed by atoms with Crippen molar-refractivity contribution >= 4 is 37.3 Å². The van der Waals surface area contributed by atoms with E-state index in [0.29, 0.717) is 17.8 Å². The number of hydrogen-bond donors (Lipinski definition) is 4. The highest BCUT2D eigenvalue weighted by atomic mass is 32.2. The van der Waals surface area contributed by atoms with Crippen LogP contribution < -0.4 is 5.48 Å². The van der Waals surface area contributed by atoms with Crippen LogP contribution in [0, 0.1) is 29.6 Å². The van der Waals surface area contributed by atoms with Crippen LogP contribution in [0.1, 0.15) is 36.8 Å². The number of rotatable bonds is 6. The van der Waals surface area contributed by atoms with Crippen molar-refractivity contribution < 1.29 is 28.6 Å². The highest BCUT2D eigenvalue weighted by molar-refractivity contribution is 7.92. The molecular formula is C22H24N2O6S2. The van der Waals surface area contributed by atoms with Gasteiger partial charge in [0.1, 0.15) is 10.3 Å². The zero-order valence-corrected chi connectivity index (χ0v) is 19.3. The number of thiazole rings is 1. The molecule has 0 radical (unpaired) electrons. The second kappa shape index (κ2) is 9.18. The van der Waals surface area contributed by atoms with Crippen LogP contribution in [0.15, 0.2) is 18.2 Å². The zero-order valence-electron chi connectivity index (χ0n) is 17.7. The van der Waals surface area contributed by atoms with Crippen molar-refractivity contribution in [2.24, 2.45) is 5.92 Å². The van der Waals surface area contributed by atoms with Gasteiger partial charge in [-0.15, -0.1) is 11.3 Å². The van der Waals surface area contributed by atoms with Gasteiger partial charge in [-0.25, -0.2) is 18.9 Å². The lowest BCUT2D eigenvalue weighted by atomic mass is 9.72. The third kappa shape index (κ3) is 5.12. The number of aliphatic hydroxyl groups is 2. The molecule has 170 valence electrons. The molecule has 3 rings (SSSR count). The number of nitrogens with zero attached hydrogens (tertiary/aromatic N) is 1. The number of carbonyl (C=O) groups is 1. The number of aliphatic hydroxyl groups excluding tert-OH is 1. The molecule has 0 aliphatic heterocycles. The van der Waals surface area contributed by atoms with Crippen molar-refractivity contribution in [2.45, 2.75) is 43.0 Å². The van der Waals surface area contributed by atoms with E-state index >= 15 is 0 Å². The van der Waals surface area contributed by atoms with Crippen molar-refractivity contribution in [2.75, 3.05) is 12.9 Å². The van der Waals surface area contributed by atoms with E-state index < -0.39 is 26.1 Å². The van der Waals surface area contributed by atoms with E-state index in [9.17, 15) is 18.3 Å². The zero-order chi connectivity index (χ0) is 23.6. The van der Waals surface area contributed by atoms with E-state index in [1.54, 1.807) is 12.1 Å². The number of fused-ring (bicyclic) bond motifs is 1. The largest absolute Gasteiger partial charge is 0.396 e. The van der Waals surface area contributed by atoms with Gasteiger partial charge in [0.05, 0.1) is 15.2 Å². The summed E-state index contributed by atoms with van der Waals surface area (Å²) in [5.74, 6) is 10.2. The van der Waals surface area contributed by atoms with E-state index in [-0.39, 0.29) is 25.4 Å². The Morgan fingerprint density at radius 1 is 1.38 bits per heavy atom. The number of benzene rings is 1. The van der Waals surface area contributed by atoms with Gasteiger partial charge in [0.25, 0.3) is 5.91 Å². The summed E-state index contributed by atoms with van der Waals surface area (Å²) >= 11 is 1.37. The van der Waals surface area contributed by atoms with Crippen molar-refractivity contribution in [3.05, 3.63) is 28.8 Å². The summed E-state index contributed by atoms with van der Waals surface area (Å²) in [7, 11) is -3.77. The van der Waals surface area contributed by atoms with Crippen LogP contribution in [0.4, 0.5) is 0 Å². The number of carbonyl (C=O) groups excluding carboxylic acids is 1. The van der Waals surface area contributed by atoms with E-state index in [4.69, 9.17) is 10.3 Å². The molecule has 1 aliphatic rings. The van der Waals surface area contributed by atoms with Gasteiger partial charge >= 0.3 is 0 Å². The summed E-state index contributed by atoms with van der Waals surface area (Å²) < 4.78 is 23.3. The molecule has 0 unspecified atom stereocenters. The summed E-state index contributed by atoms with van der Waals surface area (Å²) in [4.78, 5) is 16.4. The van der Waals surface area contributed by atoms with Gasteiger partial charge in [-0.1, -0.05) is 11.8 Å². The van der Waals surface area contributed by atoms with Gasteiger partial charge < -0.3 is 10.2 Å². The van der Waals surface area contributed by atoms with Crippen LogP contribution in [0.25, 0.3) is 10.2 Å². The van der Waals surface area contributed by atoms with E-state index in [1.165, 1.54) is 23.7 Å². The fraction of sp³-hybridized carbons (Fsp3) is 0.455. The second-order valence-corrected chi connectivity index (χ2v) is 11.8. The lowest BCUT2D eigenvalue weighted by Crippen LogP contribution is -2.49. The average Bonchev–Trinajstić information content (AvgIpc) is 3.13. The predicted molar refractivity (Wildman–Crippen MR) is 121 cm³/mol. The SMILES string of the molecule is C[C@@](CCc1nc2ccc(C#CC#CC3(O)CC(CO)C3)cc2s1)(C(=O)NO)S(C)(=O)=O. The summed E-state index contributed by atoms with van der Waals surface area (Å²) in [6.07, 6.45) is 2.08. The number of nitrogens with one attached hydrogen (secondary N) is 1. The third-order valence-corrected chi connectivity index (χ3v) is 8.83. The fourth-order valence-electron chi connectivity index (χ4n) is 3.47. The Bertz CT molecular complexity index is 1260. The first-order valence-electron chi connectivity index (χ1n) is 9.90. The first kappa shape index (κ1) is 24.2. The molecule has 1 heterocycles. The quantitative estimate of drug-likeness (QED) is 0.278. The molecule has 1 fully saturated rings. The molecule has 8 nitrogen and oxygen atoms in total. The highest BCUT2D eigenvalue weighted by Crippen LogP contribution is 2.36. The molecule has 32 heavy (non-hydrogen) atoms. The number of amides is 1. The number of aromatic nitrogens is 1. The Labute approximate surface area is 190 Å². The summed E-state index contributed by atoms with van der Waals surface area (Å²) in [6.45, 7) is 1.33. The molecule has 1 amide bonds. The lowest BCUT2D eigenvalue weighted by molar-refractivity contribution is -0.131. The van der Waals surface area contributed by atoms with Gasteiger partial charge in [0, 0.05) is 24.8 Å². The van der Waals surface area contributed by atoms with Crippen LogP contribution >= 0.6 is 11.3 Å². The number of aryl methyl sites for hydroxylation is 1. The Balaban J connectivity index is 1.72. The summed E-state index contributed by atoms with van der Waals surface area (Å²) in [5.41, 5.74) is 1.83. The molecule has 0 bridgehead atoms. The molecule has 4 N–H and O–H groups in total. The Kier molecular flexibility index (Phi) is 6.94. The number of hydrogen-bond acceptors (Lipinski definition) is 8. The Morgan fingerprint density at radius 3 is 2.72 bits per heavy atom.